The lowest BCUT2D eigenvalue weighted by atomic mass is 9.91. The summed E-state index contributed by atoms with van der Waals surface area (Å²) in [5, 5.41) is 6.64. The van der Waals surface area contributed by atoms with Crippen LogP contribution in [0, 0.1) is 6.92 Å². The van der Waals surface area contributed by atoms with Crippen molar-refractivity contribution in [2.75, 3.05) is 18.4 Å². The molecule has 7 heteroatoms. The maximum Gasteiger partial charge on any atom is 0.416 e. The van der Waals surface area contributed by atoms with Gasteiger partial charge in [0.15, 0.2) is 0 Å². The van der Waals surface area contributed by atoms with Gasteiger partial charge in [0.05, 0.1) is 11.1 Å². The molecule has 0 radical (unpaired) electrons. The average molecular weight is 389 g/mol. The second-order valence-corrected chi connectivity index (χ2v) is 7.63. The first-order valence-corrected chi connectivity index (χ1v) is 9.35. The number of benzene rings is 2. The first kappa shape index (κ1) is 18.8. The lowest BCUT2D eigenvalue weighted by Gasteiger charge is -2.46. The second kappa shape index (κ2) is 6.81. The van der Waals surface area contributed by atoms with E-state index in [1.54, 1.807) is 0 Å². The van der Waals surface area contributed by atoms with Gasteiger partial charge in [0.2, 0.25) is 0 Å². The molecule has 1 fully saturated rings. The van der Waals surface area contributed by atoms with Crippen molar-refractivity contribution in [1.82, 2.24) is 10.2 Å². The number of nitrogens with zero attached hydrogens (tertiary/aromatic N) is 1. The van der Waals surface area contributed by atoms with E-state index in [1.807, 2.05) is 25.1 Å². The molecule has 0 aromatic heterocycles. The van der Waals surface area contributed by atoms with E-state index in [0.29, 0.717) is 12.1 Å². The molecule has 1 amide bonds. The monoisotopic (exact) mass is 389 g/mol. The fourth-order valence-electron chi connectivity index (χ4n) is 4.04. The van der Waals surface area contributed by atoms with Crippen LogP contribution in [0.15, 0.2) is 42.5 Å². The van der Waals surface area contributed by atoms with Crippen molar-refractivity contribution in [1.29, 1.82) is 0 Å². The summed E-state index contributed by atoms with van der Waals surface area (Å²) in [6.45, 7) is 4.01. The van der Waals surface area contributed by atoms with Crippen LogP contribution < -0.4 is 10.6 Å². The van der Waals surface area contributed by atoms with Crippen molar-refractivity contribution >= 4 is 11.6 Å². The van der Waals surface area contributed by atoms with Crippen molar-refractivity contribution < 1.29 is 18.0 Å². The molecule has 0 unspecified atom stereocenters. The maximum absolute atomic E-state index is 12.7. The fraction of sp³-hybridized carbons (Fsp3) is 0.381. The third-order valence-corrected chi connectivity index (χ3v) is 5.62. The van der Waals surface area contributed by atoms with E-state index in [0.717, 1.165) is 54.9 Å². The Morgan fingerprint density at radius 2 is 1.71 bits per heavy atom. The molecule has 28 heavy (non-hydrogen) atoms. The molecular weight excluding hydrogens is 367 g/mol. The summed E-state index contributed by atoms with van der Waals surface area (Å²) in [5.74, 6) is -0.0527. The molecule has 2 aliphatic rings. The summed E-state index contributed by atoms with van der Waals surface area (Å²) >= 11 is 0. The van der Waals surface area contributed by atoms with Gasteiger partial charge in [-0.25, -0.2) is 0 Å². The number of piperidine rings is 1. The molecule has 0 bridgehead atoms. The van der Waals surface area contributed by atoms with Crippen molar-refractivity contribution in [3.63, 3.8) is 0 Å². The molecule has 0 saturated carbocycles. The van der Waals surface area contributed by atoms with Crippen molar-refractivity contribution in [3.05, 3.63) is 64.7 Å². The molecule has 1 spiro atoms. The quantitative estimate of drug-likeness (QED) is 0.811. The molecule has 1 saturated heterocycles. The second-order valence-electron chi connectivity index (χ2n) is 7.63. The maximum atomic E-state index is 12.7. The summed E-state index contributed by atoms with van der Waals surface area (Å²) in [4.78, 5) is 14.8. The van der Waals surface area contributed by atoms with Crippen LogP contribution in [0.1, 0.15) is 39.9 Å². The van der Waals surface area contributed by atoms with Crippen LogP contribution in [-0.4, -0.2) is 29.6 Å². The predicted molar refractivity (Wildman–Crippen MR) is 101 cm³/mol. The summed E-state index contributed by atoms with van der Waals surface area (Å²) in [5.41, 5.74) is 2.26. The van der Waals surface area contributed by atoms with Crippen LogP contribution in [0.25, 0.3) is 0 Å². The third-order valence-electron chi connectivity index (χ3n) is 5.62. The topological polar surface area (TPSA) is 44.4 Å². The first-order valence-electron chi connectivity index (χ1n) is 9.35. The van der Waals surface area contributed by atoms with Gasteiger partial charge in [-0.3, -0.25) is 9.69 Å². The molecule has 2 aromatic carbocycles. The van der Waals surface area contributed by atoms with Crippen LogP contribution >= 0.6 is 0 Å². The standard InChI is InChI=1S/C21H22F3N3O/c1-14-3-2-4-17-18(14)19(28)26-20(25-17)9-11-27(12-10-20)13-15-5-7-16(8-6-15)21(22,23)24/h2-8,25H,9-13H2,1H3,(H,26,28). The average Bonchev–Trinajstić information content (AvgIpc) is 2.63. The Hall–Kier alpha value is -2.54. The zero-order valence-corrected chi connectivity index (χ0v) is 15.6. The minimum absolute atomic E-state index is 0.0527. The molecule has 4 nitrogen and oxygen atoms in total. The summed E-state index contributed by atoms with van der Waals surface area (Å²) < 4.78 is 38.1. The van der Waals surface area contributed by atoms with Crippen LogP contribution in [0.5, 0.6) is 0 Å². The number of anilines is 1. The van der Waals surface area contributed by atoms with E-state index in [4.69, 9.17) is 0 Å². The normalized spacial score (nSPS) is 19.1. The van der Waals surface area contributed by atoms with Crippen molar-refractivity contribution in [2.24, 2.45) is 0 Å². The molecule has 148 valence electrons. The zero-order chi connectivity index (χ0) is 19.9. The van der Waals surface area contributed by atoms with Gasteiger partial charge in [-0.1, -0.05) is 24.3 Å². The van der Waals surface area contributed by atoms with Crippen LogP contribution in [0.4, 0.5) is 18.9 Å². The number of aryl methyl sites for hydroxylation is 1. The number of halogens is 3. The number of hydrogen-bond acceptors (Lipinski definition) is 3. The minimum Gasteiger partial charge on any atom is -0.362 e. The van der Waals surface area contributed by atoms with Gasteiger partial charge < -0.3 is 10.6 Å². The zero-order valence-electron chi connectivity index (χ0n) is 15.6. The molecule has 2 N–H and O–H groups in total. The third kappa shape index (κ3) is 3.58. The summed E-state index contributed by atoms with van der Waals surface area (Å²) in [6.07, 6.45) is -2.85. The molecule has 2 heterocycles. The highest BCUT2D eigenvalue weighted by atomic mass is 19.4. The number of alkyl halides is 3. The van der Waals surface area contributed by atoms with Gasteiger partial charge in [0.25, 0.3) is 5.91 Å². The van der Waals surface area contributed by atoms with Crippen LogP contribution in [-0.2, 0) is 12.7 Å². The molecule has 2 aromatic rings. The van der Waals surface area contributed by atoms with Gasteiger partial charge >= 0.3 is 6.18 Å². The Balaban J connectivity index is 1.40. The number of rotatable bonds is 2. The Bertz CT molecular complexity index is 885. The van der Waals surface area contributed by atoms with E-state index >= 15 is 0 Å². The number of carbonyl (C=O) groups excluding carboxylic acids is 1. The lowest BCUT2D eigenvalue weighted by molar-refractivity contribution is -0.137. The van der Waals surface area contributed by atoms with Gasteiger partial charge in [-0.05, 0) is 36.2 Å². The van der Waals surface area contributed by atoms with E-state index < -0.39 is 17.4 Å². The Labute approximate surface area is 161 Å². The van der Waals surface area contributed by atoms with Crippen molar-refractivity contribution in [3.8, 4) is 0 Å². The smallest absolute Gasteiger partial charge is 0.362 e. The fourth-order valence-corrected chi connectivity index (χ4v) is 4.04. The van der Waals surface area contributed by atoms with Gasteiger partial charge in [-0.2, -0.15) is 13.2 Å². The van der Waals surface area contributed by atoms with E-state index in [2.05, 4.69) is 15.5 Å². The van der Waals surface area contributed by atoms with Gasteiger partial charge in [0.1, 0.15) is 5.66 Å². The lowest BCUT2D eigenvalue weighted by Crippen LogP contribution is -2.62. The summed E-state index contributed by atoms with van der Waals surface area (Å²) in [6, 6.07) is 11.1. The molecule has 4 rings (SSSR count). The Morgan fingerprint density at radius 1 is 1.04 bits per heavy atom. The van der Waals surface area contributed by atoms with Crippen LogP contribution in [0.3, 0.4) is 0 Å². The van der Waals surface area contributed by atoms with Gasteiger partial charge in [-0.15, -0.1) is 0 Å². The van der Waals surface area contributed by atoms with Crippen LogP contribution in [0.2, 0.25) is 0 Å². The number of fused-ring (bicyclic) bond motifs is 1. The molecule has 0 aliphatic carbocycles. The van der Waals surface area contributed by atoms with E-state index in [9.17, 15) is 18.0 Å². The number of carbonyl (C=O) groups is 1. The Morgan fingerprint density at radius 3 is 2.36 bits per heavy atom. The van der Waals surface area contributed by atoms with Gasteiger partial charge in [0, 0.05) is 38.2 Å². The van der Waals surface area contributed by atoms with E-state index in [-0.39, 0.29) is 5.91 Å². The number of nitrogens with one attached hydrogen (secondary N) is 2. The summed E-state index contributed by atoms with van der Waals surface area (Å²) in [7, 11) is 0. The highest BCUT2D eigenvalue weighted by Gasteiger charge is 2.40. The number of hydrogen-bond donors (Lipinski definition) is 2. The predicted octanol–water partition coefficient (Wildman–Crippen LogP) is 4.16. The first-order chi connectivity index (χ1) is 13.3. The molecular formula is C21H22F3N3O. The minimum atomic E-state index is -4.31. The van der Waals surface area contributed by atoms with E-state index in [1.165, 1.54) is 12.1 Å². The highest BCUT2D eigenvalue weighted by molar-refractivity contribution is 6.03. The molecule has 2 aliphatic heterocycles. The largest absolute Gasteiger partial charge is 0.416 e. The van der Waals surface area contributed by atoms with Crippen molar-refractivity contribution in [2.45, 2.75) is 38.1 Å². The number of likely N-dealkylation sites (tertiary alicyclic amines) is 1. The SMILES string of the molecule is Cc1cccc2c1C(=O)NC1(CCN(Cc3ccc(C(F)(F)F)cc3)CC1)N2. The highest BCUT2D eigenvalue weighted by Crippen LogP contribution is 2.33. The number of amides is 1. The molecule has 0 atom stereocenters. The Kier molecular flexibility index (Phi) is 4.57.